The molecule has 0 aliphatic carbocycles. The van der Waals surface area contributed by atoms with Crippen LogP contribution < -0.4 is 15.4 Å². The summed E-state index contributed by atoms with van der Waals surface area (Å²) in [4.78, 5) is 0. The van der Waals surface area contributed by atoms with E-state index in [1.54, 1.807) is 7.11 Å². The Bertz CT molecular complexity index is 386. The molecule has 0 saturated carbocycles. The summed E-state index contributed by atoms with van der Waals surface area (Å²) in [5, 5.41) is 6.91. The zero-order valence-electron chi connectivity index (χ0n) is 11.6. The number of aryl methyl sites for hydroxylation is 1. The lowest BCUT2D eigenvalue weighted by molar-refractivity contribution is 0.401. The Balaban J connectivity index is 2.24. The van der Waals surface area contributed by atoms with Crippen molar-refractivity contribution in [2.45, 2.75) is 25.8 Å². The molecule has 1 aromatic rings. The lowest BCUT2D eigenvalue weighted by Crippen LogP contribution is -2.27. The van der Waals surface area contributed by atoms with Gasteiger partial charge in [0.05, 0.1) is 7.11 Å². The van der Waals surface area contributed by atoms with Crippen LogP contribution in [-0.4, -0.2) is 27.2 Å². The molecule has 0 bridgehead atoms. The smallest absolute Gasteiger partial charge is 0.122 e. The lowest BCUT2D eigenvalue weighted by Gasteiger charge is -2.24. The fourth-order valence-electron chi connectivity index (χ4n) is 2.90. The van der Waals surface area contributed by atoms with E-state index in [0.717, 1.165) is 25.3 Å². The molecule has 2 unspecified atom stereocenters. The number of hydrogen-bond acceptors (Lipinski definition) is 3. The molecule has 1 heterocycles. The van der Waals surface area contributed by atoms with Crippen LogP contribution in [0.3, 0.4) is 0 Å². The molecule has 0 aromatic heterocycles. The first-order valence-corrected chi connectivity index (χ1v) is 6.85. The summed E-state index contributed by atoms with van der Waals surface area (Å²) in [6, 6.07) is 7.02. The van der Waals surface area contributed by atoms with Crippen molar-refractivity contribution in [3.8, 4) is 5.75 Å². The number of ether oxygens (including phenoxy) is 1. The minimum atomic E-state index is 0.441. The SMILES string of the molecule is CCc1cc(C(NC)C2CCNC2)ccc1OC. The molecular formula is C15H24N2O. The Hall–Kier alpha value is -1.06. The first-order valence-electron chi connectivity index (χ1n) is 6.85. The van der Waals surface area contributed by atoms with Gasteiger partial charge in [-0.2, -0.15) is 0 Å². The Morgan fingerprint density at radius 3 is 2.89 bits per heavy atom. The molecule has 0 amide bonds. The monoisotopic (exact) mass is 248 g/mol. The van der Waals surface area contributed by atoms with Gasteiger partial charge in [-0.3, -0.25) is 0 Å². The molecular weight excluding hydrogens is 224 g/mol. The molecule has 18 heavy (non-hydrogen) atoms. The van der Waals surface area contributed by atoms with Crippen LogP contribution in [0.5, 0.6) is 5.75 Å². The van der Waals surface area contributed by atoms with Crippen LogP contribution in [0, 0.1) is 5.92 Å². The summed E-state index contributed by atoms with van der Waals surface area (Å²) in [7, 11) is 3.80. The van der Waals surface area contributed by atoms with E-state index in [4.69, 9.17) is 4.74 Å². The maximum absolute atomic E-state index is 5.40. The van der Waals surface area contributed by atoms with Crippen molar-refractivity contribution in [3.05, 3.63) is 29.3 Å². The van der Waals surface area contributed by atoms with Gasteiger partial charge < -0.3 is 15.4 Å². The van der Waals surface area contributed by atoms with Gasteiger partial charge >= 0.3 is 0 Å². The van der Waals surface area contributed by atoms with E-state index in [1.165, 1.54) is 17.5 Å². The summed E-state index contributed by atoms with van der Waals surface area (Å²) >= 11 is 0. The Kier molecular flexibility index (Phi) is 4.61. The van der Waals surface area contributed by atoms with Crippen LogP contribution in [0.25, 0.3) is 0 Å². The zero-order valence-corrected chi connectivity index (χ0v) is 11.6. The van der Waals surface area contributed by atoms with Crippen molar-refractivity contribution in [2.24, 2.45) is 5.92 Å². The minimum absolute atomic E-state index is 0.441. The van der Waals surface area contributed by atoms with Crippen molar-refractivity contribution >= 4 is 0 Å². The predicted octanol–water partition coefficient (Wildman–Crippen LogP) is 2.13. The van der Waals surface area contributed by atoms with E-state index < -0.39 is 0 Å². The number of benzene rings is 1. The van der Waals surface area contributed by atoms with Gasteiger partial charge in [0.15, 0.2) is 0 Å². The Morgan fingerprint density at radius 1 is 1.50 bits per heavy atom. The zero-order chi connectivity index (χ0) is 13.0. The summed E-state index contributed by atoms with van der Waals surface area (Å²) in [5.41, 5.74) is 2.67. The largest absolute Gasteiger partial charge is 0.496 e. The van der Waals surface area contributed by atoms with Gasteiger partial charge in [0, 0.05) is 6.04 Å². The molecule has 2 rings (SSSR count). The summed E-state index contributed by atoms with van der Waals surface area (Å²) in [6.45, 7) is 4.42. The number of hydrogen-bond donors (Lipinski definition) is 2. The first-order chi connectivity index (χ1) is 8.80. The lowest BCUT2D eigenvalue weighted by atomic mass is 9.91. The van der Waals surface area contributed by atoms with Crippen molar-refractivity contribution in [1.82, 2.24) is 10.6 Å². The summed E-state index contributed by atoms with van der Waals surface area (Å²) in [6.07, 6.45) is 2.26. The van der Waals surface area contributed by atoms with E-state index in [9.17, 15) is 0 Å². The molecule has 1 aliphatic rings. The number of methoxy groups -OCH3 is 1. The standard InChI is InChI=1S/C15H24N2O/c1-4-11-9-12(5-6-14(11)18-3)15(16-2)13-7-8-17-10-13/h5-6,9,13,15-17H,4,7-8,10H2,1-3H3. The molecule has 100 valence electrons. The normalized spacial score (nSPS) is 20.9. The van der Waals surface area contributed by atoms with Gasteiger partial charge in [-0.1, -0.05) is 19.1 Å². The second kappa shape index (κ2) is 6.21. The molecule has 0 spiro atoms. The minimum Gasteiger partial charge on any atom is -0.496 e. The van der Waals surface area contributed by atoms with Crippen molar-refractivity contribution < 1.29 is 4.74 Å². The van der Waals surface area contributed by atoms with Crippen molar-refractivity contribution in [1.29, 1.82) is 0 Å². The van der Waals surface area contributed by atoms with E-state index in [0.29, 0.717) is 12.0 Å². The van der Waals surface area contributed by atoms with Crippen LogP contribution in [0.2, 0.25) is 0 Å². The van der Waals surface area contributed by atoms with Gasteiger partial charge in [-0.05, 0) is 56.1 Å². The molecule has 1 aliphatic heterocycles. The molecule has 2 atom stereocenters. The Labute approximate surface area is 110 Å². The fraction of sp³-hybridized carbons (Fsp3) is 0.600. The second-order valence-corrected chi connectivity index (χ2v) is 4.94. The quantitative estimate of drug-likeness (QED) is 0.837. The maximum atomic E-state index is 5.40. The third-order valence-corrected chi connectivity index (χ3v) is 3.93. The van der Waals surface area contributed by atoms with Crippen LogP contribution in [0.15, 0.2) is 18.2 Å². The van der Waals surface area contributed by atoms with Crippen LogP contribution in [0.4, 0.5) is 0 Å². The maximum Gasteiger partial charge on any atom is 0.122 e. The van der Waals surface area contributed by atoms with Gasteiger partial charge in [-0.15, -0.1) is 0 Å². The average molecular weight is 248 g/mol. The van der Waals surface area contributed by atoms with Gasteiger partial charge in [0.1, 0.15) is 5.75 Å². The van der Waals surface area contributed by atoms with Crippen LogP contribution in [0.1, 0.15) is 30.5 Å². The fourth-order valence-corrected chi connectivity index (χ4v) is 2.90. The molecule has 3 heteroatoms. The molecule has 1 aromatic carbocycles. The molecule has 1 fully saturated rings. The molecule has 0 radical (unpaired) electrons. The van der Waals surface area contributed by atoms with Gasteiger partial charge in [0.25, 0.3) is 0 Å². The van der Waals surface area contributed by atoms with Gasteiger partial charge in [0.2, 0.25) is 0 Å². The molecule has 2 N–H and O–H groups in total. The first kappa shape index (κ1) is 13.4. The van der Waals surface area contributed by atoms with E-state index in [1.807, 2.05) is 0 Å². The van der Waals surface area contributed by atoms with Crippen LogP contribution in [-0.2, 0) is 6.42 Å². The third kappa shape index (κ3) is 2.68. The number of rotatable bonds is 5. The second-order valence-electron chi connectivity index (χ2n) is 4.94. The predicted molar refractivity (Wildman–Crippen MR) is 75.1 cm³/mol. The summed E-state index contributed by atoms with van der Waals surface area (Å²) < 4.78 is 5.40. The van der Waals surface area contributed by atoms with Crippen molar-refractivity contribution in [3.63, 3.8) is 0 Å². The highest BCUT2D eigenvalue weighted by Crippen LogP contribution is 2.30. The number of nitrogens with one attached hydrogen (secondary N) is 2. The highest BCUT2D eigenvalue weighted by atomic mass is 16.5. The topological polar surface area (TPSA) is 33.3 Å². The van der Waals surface area contributed by atoms with Gasteiger partial charge in [-0.25, -0.2) is 0 Å². The van der Waals surface area contributed by atoms with E-state index >= 15 is 0 Å². The van der Waals surface area contributed by atoms with E-state index in [-0.39, 0.29) is 0 Å². The Morgan fingerprint density at radius 2 is 2.33 bits per heavy atom. The molecule has 3 nitrogen and oxygen atoms in total. The average Bonchev–Trinajstić information content (AvgIpc) is 2.93. The van der Waals surface area contributed by atoms with Crippen molar-refractivity contribution in [2.75, 3.05) is 27.2 Å². The summed E-state index contributed by atoms with van der Waals surface area (Å²) in [5.74, 6) is 1.69. The highest BCUT2D eigenvalue weighted by Gasteiger charge is 2.25. The molecule has 1 saturated heterocycles. The highest BCUT2D eigenvalue weighted by molar-refractivity contribution is 5.38. The van der Waals surface area contributed by atoms with E-state index in [2.05, 4.69) is 42.8 Å². The third-order valence-electron chi connectivity index (χ3n) is 3.93. The van der Waals surface area contributed by atoms with Crippen LogP contribution >= 0.6 is 0 Å².